The molecule has 1 rings (SSSR count). The summed E-state index contributed by atoms with van der Waals surface area (Å²) in [4.78, 5) is 22.2. The molecule has 0 aliphatic rings. The first-order valence-corrected chi connectivity index (χ1v) is 4.38. The molecule has 4 nitrogen and oxygen atoms in total. The molecule has 0 bridgehead atoms. The fourth-order valence-corrected chi connectivity index (χ4v) is 1.21. The number of aliphatic carboxylic acids is 1. The summed E-state index contributed by atoms with van der Waals surface area (Å²) in [6.45, 7) is -2.84. The maximum atomic E-state index is 11.2. The van der Waals surface area contributed by atoms with Gasteiger partial charge in [0.1, 0.15) is 6.04 Å². The van der Waals surface area contributed by atoms with Gasteiger partial charge >= 0.3 is 5.97 Å². The van der Waals surface area contributed by atoms with E-state index in [0.717, 1.165) is 0 Å². The minimum atomic E-state index is -2.84. The lowest BCUT2D eigenvalue weighted by Gasteiger charge is -2.12. The standard InChI is InChI=1S/C11H13NO3/c1-8(13)12-10(11(14)15)7-9-5-3-2-4-6-9/h2-6,10H,7H2,1H3,(H,12,13)(H,14,15)/t10-/m1/s1/i1D3. The first-order valence-electron chi connectivity index (χ1n) is 5.88. The number of carboxylic acids is 1. The Morgan fingerprint density at radius 3 is 2.67 bits per heavy atom. The summed E-state index contributed by atoms with van der Waals surface area (Å²) in [6.07, 6.45) is 0.0397. The highest BCUT2D eigenvalue weighted by Gasteiger charge is 2.18. The molecule has 2 N–H and O–H groups in total. The maximum Gasteiger partial charge on any atom is 0.326 e. The molecule has 0 saturated carbocycles. The minimum absolute atomic E-state index is 0.0397. The van der Waals surface area contributed by atoms with Gasteiger partial charge in [-0.2, -0.15) is 0 Å². The number of carboxylic acid groups (broad SMARTS) is 1. The van der Waals surface area contributed by atoms with Gasteiger partial charge in [0.2, 0.25) is 5.91 Å². The van der Waals surface area contributed by atoms with Crippen molar-refractivity contribution in [1.29, 1.82) is 0 Å². The van der Waals surface area contributed by atoms with E-state index in [-0.39, 0.29) is 6.42 Å². The van der Waals surface area contributed by atoms with Crippen molar-refractivity contribution in [3.05, 3.63) is 35.9 Å². The summed E-state index contributed by atoms with van der Waals surface area (Å²) in [6, 6.07) is 7.41. The summed E-state index contributed by atoms with van der Waals surface area (Å²) in [5.74, 6) is -2.53. The van der Waals surface area contributed by atoms with Crippen molar-refractivity contribution < 1.29 is 18.8 Å². The molecule has 80 valence electrons. The molecule has 0 saturated heterocycles. The van der Waals surface area contributed by atoms with Gasteiger partial charge in [-0.15, -0.1) is 0 Å². The van der Waals surface area contributed by atoms with Crippen LogP contribution in [0.2, 0.25) is 0 Å². The second-order valence-electron chi connectivity index (χ2n) is 3.05. The van der Waals surface area contributed by atoms with Crippen molar-refractivity contribution in [2.45, 2.75) is 19.3 Å². The van der Waals surface area contributed by atoms with Crippen LogP contribution in [-0.4, -0.2) is 23.0 Å². The van der Waals surface area contributed by atoms with Crippen molar-refractivity contribution >= 4 is 11.9 Å². The second kappa shape index (κ2) is 5.14. The van der Waals surface area contributed by atoms with Crippen LogP contribution in [0.5, 0.6) is 0 Å². The maximum absolute atomic E-state index is 11.2. The minimum Gasteiger partial charge on any atom is -0.480 e. The van der Waals surface area contributed by atoms with Crippen LogP contribution in [0, 0.1) is 0 Å². The predicted molar refractivity (Wildman–Crippen MR) is 55.4 cm³/mol. The Balaban J connectivity index is 2.73. The van der Waals surface area contributed by atoms with Gasteiger partial charge in [0.05, 0.1) is 0 Å². The third-order valence-corrected chi connectivity index (χ3v) is 1.89. The number of amides is 1. The second-order valence-corrected chi connectivity index (χ2v) is 3.05. The van der Waals surface area contributed by atoms with E-state index >= 15 is 0 Å². The Hall–Kier alpha value is -1.84. The van der Waals surface area contributed by atoms with Gasteiger partial charge in [0.15, 0.2) is 0 Å². The molecule has 15 heavy (non-hydrogen) atoms. The van der Waals surface area contributed by atoms with Crippen LogP contribution in [0.3, 0.4) is 0 Å². The molecule has 0 fully saturated rings. The van der Waals surface area contributed by atoms with E-state index in [1.807, 2.05) is 5.32 Å². The number of nitrogens with one attached hydrogen (secondary N) is 1. The normalized spacial score (nSPS) is 15.6. The highest BCUT2D eigenvalue weighted by Crippen LogP contribution is 2.03. The van der Waals surface area contributed by atoms with Crippen molar-refractivity contribution in [2.24, 2.45) is 0 Å². The fraction of sp³-hybridized carbons (Fsp3) is 0.273. The molecule has 0 aliphatic carbocycles. The largest absolute Gasteiger partial charge is 0.480 e. The molecular formula is C11H13NO3. The average Bonchev–Trinajstić information content (AvgIpc) is 2.28. The Morgan fingerprint density at radius 1 is 1.47 bits per heavy atom. The van der Waals surface area contributed by atoms with Crippen molar-refractivity contribution in [3.63, 3.8) is 0 Å². The van der Waals surface area contributed by atoms with Crippen LogP contribution in [0.4, 0.5) is 0 Å². The number of carbonyl (C=O) groups is 2. The predicted octanol–water partition coefficient (Wildman–Crippen LogP) is 0.818. The highest BCUT2D eigenvalue weighted by molar-refractivity contribution is 5.82. The lowest BCUT2D eigenvalue weighted by Crippen LogP contribution is -2.41. The van der Waals surface area contributed by atoms with Gasteiger partial charge in [-0.1, -0.05) is 30.3 Å². The molecule has 0 radical (unpaired) electrons. The lowest BCUT2D eigenvalue weighted by atomic mass is 10.1. The van der Waals surface area contributed by atoms with Crippen LogP contribution in [0.15, 0.2) is 30.3 Å². The van der Waals surface area contributed by atoms with Crippen LogP contribution in [0.25, 0.3) is 0 Å². The zero-order valence-corrected chi connectivity index (χ0v) is 7.93. The molecule has 1 aromatic carbocycles. The first-order chi connectivity index (χ1) is 8.30. The fourth-order valence-electron chi connectivity index (χ4n) is 1.21. The van der Waals surface area contributed by atoms with E-state index in [1.54, 1.807) is 30.3 Å². The van der Waals surface area contributed by atoms with E-state index in [9.17, 15) is 9.59 Å². The van der Waals surface area contributed by atoms with Crippen LogP contribution in [0.1, 0.15) is 16.5 Å². The summed E-state index contributed by atoms with van der Waals surface area (Å²) in [5.41, 5.74) is 0.704. The van der Waals surface area contributed by atoms with Crippen molar-refractivity contribution in [3.8, 4) is 0 Å². The van der Waals surface area contributed by atoms with E-state index < -0.39 is 24.8 Å². The molecule has 1 aromatic rings. The van der Waals surface area contributed by atoms with Crippen LogP contribution in [-0.2, 0) is 16.0 Å². The number of benzene rings is 1. The smallest absolute Gasteiger partial charge is 0.326 e. The number of hydrogen-bond acceptors (Lipinski definition) is 2. The third-order valence-electron chi connectivity index (χ3n) is 1.89. The first kappa shape index (κ1) is 7.45. The summed E-state index contributed by atoms with van der Waals surface area (Å²) >= 11 is 0. The van der Waals surface area contributed by atoms with Gasteiger partial charge in [0, 0.05) is 17.4 Å². The quantitative estimate of drug-likeness (QED) is 0.773. The zero-order valence-electron chi connectivity index (χ0n) is 10.9. The SMILES string of the molecule is [2H]C([2H])([2H])C(=O)N[C@H](Cc1ccccc1)C(=O)O. The van der Waals surface area contributed by atoms with Gasteiger partial charge in [-0.25, -0.2) is 4.79 Å². The molecule has 0 spiro atoms. The van der Waals surface area contributed by atoms with Gasteiger partial charge < -0.3 is 10.4 Å². The molecule has 0 aliphatic heterocycles. The zero-order chi connectivity index (χ0) is 13.8. The van der Waals surface area contributed by atoms with E-state index in [4.69, 9.17) is 9.22 Å². The summed E-state index contributed by atoms with van der Waals surface area (Å²) in [5, 5.41) is 11.0. The number of rotatable bonds is 4. The number of carbonyl (C=O) groups excluding carboxylic acids is 1. The monoisotopic (exact) mass is 210 g/mol. The Kier molecular flexibility index (Phi) is 2.55. The highest BCUT2D eigenvalue weighted by atomic mass is 16.4. The third kappa shape index (κ3) is 3.81. The van der Waals surface area contributed by atoms with Gasteiger partial charge in [-0.3, -0.25) is 4.79 Å². The molecular weight excluding hydrogens is 194 g/mol. The van der Waals surface area contributed by atoms with E-state index in [1.165, 1.54) is 0 Å². The Morgan fingerprint density at radius 2 is 2.13 bits per heavy atom. The average molecular weight is 210 g/mol. The van der Waals surface area contributed by atoms with Gasteiger partial charge in [0.25, 0.3) is 0 Å². The van der Waals surface area contributed by atoms with Crippen LogP contribution >= 0.6 is 0 Å². The molecule has 1 amide bonds. The van der Waals surface area contributed by atoms with Crippen LogP contribution < -0.4 is 5.32 Å². The van der Waals surface area contributed by atoms with E-state index in [2.05, 4.69) is 0 Å². The lowest BCUT2D eigenvalue weighted by molar-refractivity contribution is -0.141. The van der Waals surface area contributed by atoms with Crippen molar-refractivity contribution in [2.75, 3.05) is 0 Å². The Bertz CT molecular complexity index is 431. The van der Waals surface area contributed by atoms with Gasteiger partial charge in [-0.05, 0) is 5.56 Å². The Labute approximate surface area is 92.1 Å². The number of hydrogen-bond donors (Lipinski definition) is 2. The molecule has 0 aromatic heterocycles. The van der Waals surface area contributed by atoms with E-state index in [0.29, 0.717) is 5.56 Å². The topological polar surface area (TPSA) is 66.4 Å². The summed E-state index contributed by atoms with van der Waals surface area (Å²) in [7, 11) is 0. The molecule has 4 heteroatoms. The van der Waals surface area contributed by atoms with Crippen molar-refractivity contribution in [1.82, 2.24) is 5.32 Å². The molecule has 0 unspecified atom stereocenters. The summed E-state index contributed by atoms with van der Waals surface area (Å²) < 4.78 is 20.6. The molecule has 1 atom stereocenters. The molecule has 0 heterocycles.